The number of hydrogen-bond donors (Lipinski definition) is 2. The van der Waals surface area contributed by atoms with Gasteiger partial charge in [-0.25, -0.2) is 18.7 Å². The number of carbonyl (C=O) groups excluding carboxylic acids is 2. The van der Waals surface area contributed by atoms with Crippen LogP contribution in [-0.4, -0.2) is 54.8 Å². The van der Waals surface area contributed by atoms with Crippen molar-refractivity contribution in [1.82, 2.24) is 20.3 Å². The van der Waals surface area contributed by atoms with Gasteiger partial charge in [0.15, 0.2) is 6.29 Å². The van der Waals surface area contributed by atoms with Crippen LogP contribution < -0.4 is 10.9 Å². The maximum Gasteiger partial charge on any atom is 0.247 e. The standard InChI is InChI=1S/C33H48N4O6S/c1-25(2)23-30(32(38)35-37(24-26(3)4)44(40,41)22-19-28-16-8-10-20-34-28)29(17-12-15-27-13-6-5-7-14-27)33(39)36-43-31-18-9-11-21-42-31/h5-8,10,12-16,20,25-26,29-31H,9,11,17-19,21-24H2,1-4H3,(H,35,38)(H,36,39)/t29-,30+,31?/m0/s1. The fourth-order valence-electron chi connectivity index (χ4n) is 4.99. The third-order valence-corrected chi connectivity index (χ3v) is 8.89. The average Bonchev–Trinajstić information content (AvgIpc) is 3.01. The van der Waals surface area contributed by atoms with E-state index in [1.165, 1.54) is 0 Å². The summed E-state index contributed by atoms with van der Waals surface area (Å²) in [6, 6.07) is 15.0. The summed E-state index contributed by atoms with van der Waals surface area (Å²) in [5.74, 6) is -2.84. The summed E-state index contributed by atoms with van der Waals surface area (Å²) in [6.45, 7) is 8.36. The highest BCUT2D eigenvalue weighted by Gasteiger charge is 2.36. The summed E-state index contributed by atoms with van der Waals surface area (Å²) in [7, 11) is -3.89. The van der Waals surface area contributed by atoms with Gasteiger partial charge >= 0.3 is 0 Å². The first-order valence-electron chi connectivity index (χ1n) is 15.5. The van der Waals surface area contributed by atoms with Crippen molar-refractivity contribution in [2.45, 2.75) is 72.5 Å². The van der Waals surface area contributed by atoms with Gasteiger partial charge in [0.25, 0.3) is 0 Å². The second kappa shape index (κ2) is 18.0. The van der Waals surface area contributed by atoms with E-state index in [1.807, 2.05) is 70.2 Å². The molecule has 0 bridgehead atoms. The number of hydroxylamine groups is 1. The zero-order chi connectivity index (χ0) is 32.0. The summed E-state index contributed by atoms with van der Waals surface area (Å²) in [6.07, 6.45) is 8.20. The molecule has 10 nitrogen and oxygen atoms in total. The van der Waals surface area contributed by atoms with Crippen LogP contribution in [0.5, 0.6) is 0 Å². The summed E-state index contributed by atoms with van der Waals surface area (Å²) >= 11 is 0. The van der Waals surface area contributed by atoms with E-state index in [2.05, 4.69) is 15.9 Å². The van der Waals surface area contributed by atoms with E-state index in [4.69, 9.17) is 9.57 Å². The molecule has 2 amide bonds. The van der Waals surface area contributed by atoms with Crippen LogP contribution >= 0.6 is 0 Å². The van der Waals surface area contributed by atoms with Gasteiger partial charge in [-0.2, -0.15) is 0 Å². The van der Waals surface area contributed by atoms with Gasteiger partial charge in [0.05, 0.1) is 17.6 Å². The van der Waals surface area contributed by atoms with Crippen LogP contribution in [0.3, 0.4) is 0 Å². The molecule has 1 aromatic carbocycles. The van der Waals surface area contributed by atoms with Crippen LogP contribution in [0.15, 0.2) is 60.8 Å². The van der Waals surface area contributed by atoms with Crippen molar-refractivity contribution in [3.63, 3.8) is 0 Å². The maximum absolute atomic E-state index is 14.0. The average molecular weight is 629 g/mol. The first-order chi connectivity index (χ1) is 21.0. The number of benzene rings is 1. The summed E-state index contributed by atoms with van der Waals surface area (Å²) in [4.78, 5) is 37.4. The zero-order valence-electron chi connectivity index (χ0n) is 26.4. The Hall–Kier alpha value is -3.12. The Kier molecular flexibility index (Phi) is 14.5. The lowest BCUT2D eigenvalue weighted by atomic mass is 9.82. The van der Waals surface area contributed by atoms with Gasteiger partial charge in [-0.3, -0.25) is 20.0 Å². The highest BCUT2D eigenvalue weighted by atomic mass is 32.2. The fraction of sp³-hybridized carbons (Fsp3) is 0.545. The van der Waals surface area contributed by atoms with Gasteiger partial charge < -0.3 is 4.74 Å². The quantitative estimate of drug-likeness (QED) is 0.239. The van der Waals surface area contributed by atoms with E-state index in [-0.39, 0.29) is 37.0 Å². The smallest absolute Gasteiger partial charge is 0.247 e. The highest BCUT2D eigenvalue weighted by molar-refractivity contribution is 7.89. The fourth-order valence-corrected chi connectivity index (χ4v) is 6.43. The minimum Gasteiger partial charge on any atom is -0.350 e. The first kappa shape index (κ1) is 35.4. The minimum atomic E-state index is -3.89. The number of hydrogen-bond acceptors (Lipinski definition) is 7. The number of pyridine rings is 1. The van der Waals surface area contributed by atoms with Crippen LogP contribution in [0.1, 0.15) is 71.1 Å². The van der Waals surface area contributed by atoms with Gasteiger partial charge in [-0.15, -0.1) is 4.41 Å². The lowest BCUT2D eigenvalue weighted by Crippen LogP contribution is -2.53. The Morgan fingerprint density at radius 2 is 1.77 bits per heavy atom. The molecule has 1 fully saturated rings. The highest BCUT2D eigenvalue weighted by Crippen LogP contribution is 2.26. The summed E-state index contributed by atoms with van der Waals surface area (Å²) in [5, 5.41) is 0. The minimum absolute atomic E-state index is 0.0553. The molecular formula is C33H48N4O6S. The molecular weight excluding hydrogens is 580 g/mol. The SMILES string of the molecule is CC(C)C[C@@H](C(=O)NN(CC(C)C)S(=O)(=O)CCc1ccccn1)[C@H](CC=Cc1ccccc1)C(=O)NOC1CCCCO1. The molecule has 1 saturated heterocycles. The summed E-state index contributed by atoms with van der Waals surface area (Å²) < 4.78 is 33.6. The van der Waals surface area contributed by atoms with E-state index in [9.17, 15) is 18.0 Å². The predicted octanol–water partition coefficient (Wildman–Crippen LogP) is 4.90. The van der Waals surface area contributed by atoms with E-state index in [1.54, 1.807) is 24.4 Å². The molecule has 0 aliphatic carbocycles. The molecule has 44 heavy (non-hydrogen) atoms. The Balaban J connectivity index is 1.83. The summed E-state index contributed by atoms with van der Waals surface area (Å²) in [5.41, 5.74) is 6.85. The van der Waals surface area contributed by atoms with E-state index >= 15 is 0 Å². The number of nitrogens with one attached hydrogen (secondary N) is 2. The molecule has 2 N–H and O–H groups in total. The molecule has 3 atom stereocenters. The number of allylic oxidation sites excluding steroid dienone is 1. The largest absolute Gasteiger partial charge is 0.350 e. The Morgan fingerprint density at radius 3 is 2.41 bits per heavy atom. The van der Waals surface area contributed by atoms with Gasteiger partial charge in [-0.05, 0) is 55.2 Å². The van der Waals surface area contributed by atoms with Crippen molar-refractivity contribution in [1.29, 1.82) is 0 Å². The topological polar surface area (TPSA) is 127 Å². The Morgan fingerprint density at radius 1 is 1.02 bits per heavy atom. The first-order valence-corrected chi connectivity index (χ1v) is 17.2. The number of aryl methyl sites for hydroxylation is 1. The number of aromatic nitrogens is 1. The van der Waals surface area contributed by atoms with E-state index < -0.39 is 40.0 Å². The van der Waals surface area contributed by atoms with Gasteiger partial charge in [0.1, 0.15) is 0 Å². The molecule has 1 aromatic heterocycles. The molecule has 3 rings (SSSR count). The van der Waals surface area contributed by atoms with Crippen LogP contribution in [0.2, 0.25) is 0 Å². The molecule has 0 radical (unpaired) electrons. The van der Waals surface area contributed by atoms with Crippen LogP contribution in [0, 0.1) is 23.7 Å². The number of amides is 2. The lowest BCUT2D eigenvalue weighted by Gasteiger charge is -2.31. The molecule has 1 aliphatic rings. The normalized spacial score (nSPS) is 17.2. The monoisotopic (exact) mass is 628 g/mol. The number of nitrogens with zero attached hydrogens (tertiary/aromatic N) is 2. The van der Waals surface area contributed by atoms with Crippen molar-refractivity contribution < 1.29 is 27.6 Å². The maximum atomic E-state index is 14.0. The van der Waals surface area contributed by atoms with Crippen molar-refractivity contribution in [3.05, 3.63) is 72.1 Å². The number of carbonyl (C=O) groups is 2. The van der Waals surface area contributed by atoms with Gasteiger partial charge in [0, 0.05) is 37.9 Å². The Bertz CT molecular complexity index is 1280. The third-order valence-electron chi connectivity index (χ3n) is 7.26. The van der Waals surface area contributed by atoms with Crippen LogP contribution in [0.25, 0.3) is 6.08 Å². The van der Waals surface area contributed by atoms with Crippen molar-refractivity contribution in [2.75, 3.05) is 18.9 Å². The molecule has 2 aromatic rings. The third kappa shape index (κ3) is 12.1. The van der Waals surface area contributed by atoms with Crippen molar-refractivity contribution in [2.24, 2.45) is 23.7 Å². The Labute approximate surface area is 262 Å². The number of sulfonamides is 1. The molecule has 1 unspecified atom stereocenters. The van der Waals surface area contributed by atoms with Gasteiger partial charge in [0.2, 0.25) is 21.8 Å². The van der Waals surface area contributed by atoms with Crippen molar-refractivity contribution in [3.8, 4) is 0 Å². The zero-order valence-corrected chi connectivity index (χ0v) is 27.2. The molecule has 11 heteroatoms. The van der Waals surface area contributed by atoms with Crippen molar-refractivity contribution >= 4 is 27.9 Å². The second-order valence-corrected chi connectivity index (χ2v) is 14.1. The number of ether oxygens (including phenoxy) is 1. The van der Waals surface area contributed by atoms with Gasteiger partial charge in [-0.1, -0.05) is 76.2 Å². The lowest BCUT2D eigenvalue weighted by molar-refractivity contribution is -0.203. The second-order valence-electron chi connectivity index (χ2n) is 12.1. The molecule has 1 aliphatic heterocycles. The van der Waals surface area contributed by atoms with E-state index in [0.717, 1.165) is 22.8 Å². The molecule has 242 valence electrons. The number of rotatable bonds is 17. The van der Waals surface area contributed by atoms with Crippen LogP contribution in [0.4, 0.5) is 0 Å². The predicted molar refractivity (Wildman–Crippen MR) is 171 cm³/mol. The molecule has 0 saturated carbocycles. The van der Waals surface area contributed by atoms with Crippen LogP contribution in [-0.2, 0) is 35.6 Å². The van der Waals surface area contributed by atoms with E-state index in [0.29, 0.717) is 25.1 Å². The molecule has 0 spiro atoms. The molecule has 2 heterocycles. The number of hydrazine groups is 1.